The van der Waals surface area contributed by atoms with E-state index in [1.54, 1.807) is 11.8 Å². The molecule has 1 saturated heterocycles. The van der Waals surface area contributed by atoms with Gasteiger partial charge in [-0.3, -0.25) is 4.79 Å². The van der Waals surface area contributed by atoms with Crippen molar-refractivity contribution < 1.29 is 4.79 Å². The molecule has 0 aromatic rings. The quantitative estimate of drug-likeness (QED) is 0.719. The molecule has 0 bridgehead atoms. The Morgan fingerprint density at radius 3 is 2.43 bits per heavy atom. The number of carbonyl (C=O) groups excluding carboxylic acids is 1. The summed E-state index contributed by atoms with van der Waals surface area (Å²) in [5.41, 5.74) is 0. The molecule has 1 amide bonds. The first-order valence-electron chi connectivity index (χ1n) is 5.40. The predicted molar refractivity (Wildman–Crippen MR) is 62.5 cm³/mol. The summed E-state index contributed by atoms with van der Waals surface area (Å²) in [5.74, 6) is 2.66. The number of nitrogens with zero attached hydrogens (tertiary/aromatic N) is 1. The molecule has 0 N–H and O–H groups in total. The van der Waals surface area contributed by atoms with Gasteiger partial charge in [-0.2, -0.15) is 11.8 Å². The first-order valence-corrected chi connectivity index (χ1v) is 6.79. The largest absolute Gasteiger partial charge is 0.342 e. The van der Waals surface area contributed by atoms with E-state index in [9.17, 15) is 4.79 Å². The van der Waals surface area contributed by atoms with Crippen LogP contribution in [-0.4, -0.2) is 35.9 Å². The minimum Gasteiger partial charge on any atom is -0.342 e. The molecule has 14 heavy (non-hydrogen) atoms. The number of amides is 1. The first-order chi connectivity index (χ1) is 6.63. The molecule has 1 rings (SSSR count). The van der Waals surface area contributed by atoms with E-state index in [1.165, 1.54) is 6.42 Å². The molecule has 1 heterocycles. The lowest BCUT2D eigenvalue weighted by atomic mass is 9.92. The van der Waals surface area contributed by atoms with Crippen molar-refractivity contribution in [1.82, 2.24) is 4.90 Å². The molecular weight excluding hydrogens is 194 g/mol. The Labute approximate surface area is 91.4 Å². The Bertz CT molecular complexity index is 186. The van der Waals surface area contributed by atoms with Crippen LogP contribution in [0.25, 0.3) is 0 Å². The highest BCUT2D eigenvalue weighted by molar-refractivity contribution is 7.98. The van der Waals surface area contributed by atoms with Gasteiger partial charge in [0.05, 0.1) is 0 Å². The third-order valence-electron chi connectivity index (χ3n) is 2.74. The van der Waals surface area contributed by atoms with E-state index in [1.807, 2.05) is 0 Å². The molecule has 0 spiro atoms. The average Bonchev–Trinajstić information content (AvgIpc) is 2.12. The van der Waals surface area contributed by atoms with Gasteiger partial charge in [-0.25, -0.2) is 0 Å². The van der Waals surface area contributed by atoms with Gasteiger partial charge in [0.1, 0.15) is 0 Å². The second-order valence-corrected chi connectivity index (χ2v) is 5.47. The Kier molecular flexibility index (Phi) is 4.79. The summed E-state index contributed by atoms with van der Waals surface area (Å²) in [6.45, 7) is 6.42. The summed E-state index contributed by atoms with van der Waals surface area (Å²) in [4.78, 5) is 13.8. The summed E-state index contributed by atoms with van der Waals surface area (Å²) >= 11 is 1.75. The standard InChI is InChI=1S/C11H21NOS/c1-9-6-10(2)8-12(7-9)11(13)4-5-14-3/h9-10H,4-8H2,1-3H3. The second-order valence-electron chi connectivity index (χ2n) is 4.49. The predicted octanol–water partition coefficient (Wildman–Crippen LogP) is 2.24. The van der Waals surface area contributed by atoms with Crippen LogP contribution in [0.3, 0.4) is 0 Å². The Morgan fingerprint density at radius 1 is 1.36 bits per heavy atom. The van der Waals surface area contributed by atoms with E-state index in [2.05, 4.69) is 25.0 Å². The van der Waals surface area contributed by atoms with Crippen molar-refractivity contribution in [3.63, 3.8) is 0 Å². The van der Waals surface area contributed by atoms with Crippen LogP contribution in [0.15, 0.2) is 0 Å². The van der Waals surface area contributed by atoms with E-state index in [0.717, 1.165) is 18.8 Å². The number of thioether (sulfide) groups is 1. The van der Waals surface area contributed by atoms with E-state index in [0.29, 0.717) is 24.2 Å². The number of rotatable bonds is 3. The smallest absolute Gasteiger partial charge is 0.223 e. The van der Waals surface area contributed by atoms with Gasteiger partial charge in [-0.1, -0.05) is 13.8 Å². The maximum atomic E-state index is 11.8. The van der Waals surface area contributed by atoms with Crippen molar-refractivity contribution in [1.29, 1.82) is 0 Å². The zero-order valence-electron chi connectivity index (χ0n) is 9.45. The Morgan fingerprint density at radius 2 is 1.93 bits per heavy atom. The van der Waals surface area contributed by atoms with Crippen LogP contribution in [0.5, 0.6) is 0 Å². The molecule has 0 aromatic carbocycles. The maximum Gasteiger partial charge on any atom is 0.223 e. The second kappa shape index (κ2) is 5.64. The molecule has 82 valence electrons. The fraction of sp³-hybridized carbons (Fsp3) is 0.909. The topological polar surface area (TPSA) is 20.3 Å². The van der Waals surface area contributed by atoms with Crippen LogP contribution in [0, 0.1) is 11.8 Å². The van der Waals surface area contributed by atoms with Crippen molar-refractivity contribution in [3.8, 4) is 0 Å². The van der Waals surface area contributed by atoms with Gasteiger partial charge in [0.25, 0.3) is 0 Å². The van der Waals surface area contributed by atoms with Crippen LogP contribution in [0.2, 0.25) is 0 Å². The van der Waals surface area contributed by atoms with E-state index in [4.69, 9.17) is 0 Å². The fourth-order valence-corrected chi connectivity index (χ4v) is 2.59. The minimum atomic E-state index is 0.345. The molecule has 1 aliphatic heterocycles. The highest BCUT2D eigenvalue weighted by Crippen LogP contribution is 2.21. The summed E-state index contributed by atoms with van der Waals surface area (Å²) in [7, 11) is 0. The molecule has 2 unspecified atom stereocenters. The first kappa shape index (κ1) is 11.9. The van der Waals surface area contributed by atoms with E-state index >= 15 is 0 Å². The van der Waals surface area contributed by atoms with Crippen LogP contribution < -0.4 is 0 Å². The van der Waals surface area contributed by atoms with Gasteiger partial charge in [-0.05, 0) is 24.5 Å². The molecule has 3 heteroatoms. The number of piperidine rings is 1. The summed E-state index contributed by atoms with van der Waals surface area (Å²) in [6.07, 6.45) is 4.03. The van der Waals surface area contributed by atoms with Crippen LogP contribution in [-0.2, 0) is 4.79 Å². The highest BCUT2D eigenvalue weighted by atomic mass is 32.2. The number of carbonyl (C=O) groups is 1. The molecule has 2 atom stereocenters. The monoisotopic (exact) mass is 215 g/mol. The normalized spacial score (nSPS) is 27.8. The molecule has 0 aliphatic carbocycles. The lowest BCUT2D eigenvalue weighted by Crippen LogP contribution is -2.42. The maximum absolute atomic E-state index is 11.8. The lowest BCUT2D eigenvalue weighted by molar-refractivity contribution is -0.133. The molecule has 0 aromatic heterocycles. The van der Waals surface area contributed by atoms with Crippen LogP contribution >= 0.6 is 11.8 Å². The fourth-order valence-electron chi connectivity index (χ4n) is 2.21. The van der Waals surface area contributed by atoms with Gasteiger partial charge in [0, 0.05) is 25.3 Å². The number of hydrogen-bond donors (Lipinski definition) is 0. The Balaban J connectivity index is 2.38. The van der Waals surface area contributed by atoms with Gasteiger partial charge in [0.15, 0.2) is 0 Å². The molecule has 1 aliphatic rings. The van der Waals surface area contributed by atoms with Crippen molar-refractivity contribution in [2.45, 2.75) is 26.7 Å². The average molecular weight is 215 g/mol. The van der Waals surface area contributed by atoms with Gasteiger partial charge >= 0.3 is 0 Å². The van der Waals surface area contributed by atoms with Gasteiger partial charge in [-0.15, -0.1) is 0 Å². The summed E-state index contributed by atoms with van der Waals surface area (Å²) in [6, 6.07) is 0. The zero-order valence-corrected chi connectivity index (χ0v) is 10.3. The summed E-state index contributed by atoms with van der Waals surface area (Å²) in [5, 5.41) is 0. The minimum absolute atomic E-state index is 0.345. The lowest BCUT2D eigenvalue weighted by Gasteiger charge is -2.35. The van der Waals surface area contributed by atoms with Gasteiger partial charge < -0.3 is 4.90 Å². The highest BCUT2D eigenvalue weighted by Gasteiger charge is 2.24. The Hall–Kier alpha value is -0.180. The molecule has 0 radical (unpaired) electrons. The van der Waals surface area contributed by atoms with Crippen molar-refractivity contribution in [2.75, 3.05) is 25.1 Å². The van der Waals surface area contributed by atoms with Crippen LogP contribution in [0.1, 0.15) is 26.7 Å². The zero-order chi connectivity index (χ0) is 10.6. The summed E-state index contributed by atoms with van der Waals surface area (Å²) < 4.78 is 0. The van der Waals surface area contributed by atoms with Crippen LogP contribution in [0.4, 0.5) is 0 Å². The number of likely N-dealkylation sites (tertiary alicyclic amines) is 1. The van der Waals surface area contributed by atoms with E-state index < -0.39 is 0 Å². The third-order valence-corrected chi connectivity index (χ3v) is 3.35. The van der Waals surface area contributed by atoms with Crippen molar-refractivity contribution >= 4 is 17.7 Å². The molecule has 0 saturated carbocycles. The van der Waals surface area contributed by atoms with Crippen molar-refractivity contribution in [3.05, 3.63) is 0 Å². The van der Waals surface area contributed by atoms with E-state index in [-0.39, 0.29) is 0 Å². The van der Waals surface area contributed by atoms with Gasteiger partial charge in [0.2, 0.25) is 5.91 Å². The van der Waals surface area contributed by atoms with Crippen molar-refractivity contribution in [2.24, 2.45) is 11.8 Å². The SMILES string of the molecule is CSCCC(=O)N1CC(C)CC(C)C1. The molecule has 1 fully saturated rings. The number of hydrogen-bond acceptors (Lipinski definition) is 2. The molecule has 2 nitrogen and oxygen atoms in total. The molecular formula is C11H21NOS. The third kappa shape index (κ3) is 3.52.